The third-order valence-electron chi connectivity index (χ3n) is 5.36. The fraction of sp³-hybridized carbons (Fsp3) is 0.440. The van der Waals surface area contributed by atoms with Crippen LogP contribution in [0.25, 0.3) is 17.2 Å². The fourth-order valence-corrected chi connectivity index (χ4v) is 3.67. The van der Waals surface area contributed by atoms with Crippen molar-refractivity contribution in [2.24, 2.45) is 0 Å². The van der Waals surface area contributed by atoms with Crippen LogP contribution in [-0.4, -0.2) is 7.11 Å². The summed E-state index contributed by atoms with van der Waals surface area (Å²) in [5.41, 5.74) is 9.75. The number of ether oxygens (including phenoxy) is 1. The first-order valence-electron chi connectivity index (χ1n) is 9.54. The van der Waals surface area contributed by atoms with Crippen molar-refractivity contribution in [1.82, 2.24) is 0 Å². The molecule has 0 aliphatic heterocycles. The molecular weight excluding hydrogens is 316 g/mol. The lowest BCUT2D eigenvalue weighted by atomic mass is 9.78. The zero-order chi connectivity index (χ0) is 19.3. The summed E-state index contributed by atoms with van der Waals surface area (Å²) in [6.45, 7) is 16.0. The van der Waals surface area contributed by atoms with Gasteiger partial charge in [0.1, 0.15) is 5.75 Å². The molecule has 0 atom stereocenters. The van der Waals surface area contributed by atoms with Crippen LogP contribution in [0.3, 0.4) is 0 Å². The van der Waals surface area contributed by atoms with Crippen LogP contribution < -0.4 is 4.74 Å². The van der Waals surface area contributed by atoms with Crippen LogP contribution in [0.15, 0.2) is 35.9 Å². The minimum atomic E-state index is 0.125. The number of allylic oxidation sites excluding steroid dienone is 1. The third-order valence-corrected chi connectivity index (χ3v) is 5.36. The molecule has 0 unspecified atom stereocenters. The van der Waals surface area contributed by atoms with E-state index in [1.165, 1.54) is 39.0 Å². The molecule has 2 aromatic carbocycles. The fourth-order valence-electron chi connectivity index (χ4n) is 3.67. The molecule has 0 amide bonds. The van der Waals surface area contributed by atoms with Crippen LogP contribution >= 0.6 is 0 Å². The van der Waals surface area contributed by atoms with E-state index in [2.05, 4.69) is 84.9 Å². The van der Waals surface area contributed by atoms with Gasteiger partial charge in [0.15, 0.2) is 0 Å². The summed E-state index contributed by atoms with van der Waals surface area (Å²) in [7, 11) is 1.76. The Labute approximate surface area is 159 Å². The lowest BCUT2D eigenvalue weighted by Gasteiger charge is -2.27. The van der Waals surface area contributed by atoms with Gasteiger partial charge in [-0.15, -0.1) is 0 Å². The predicted molar refractivity (Wildman–Crippen MR) is 113 cm³/mol. The monoisotopic (exact) mass is 348 g/mol. The third kappa shape index (κ3) is 3.45. The minimum Gasteiger partial charge on any atom is -0.496 e. The van der Waals surface area contributed by atoms with Crippen molar-refractivity contribution in [3.8, 4) is 16.9 Å². The van der Waals surface area contributed by atoms with Crippen molar-refractivity contribution < 1.29 is 4.74 Å². The van der Waals surface area contributed by atoms with Crippen LogP contribution in [0.5, 0.6) is 5.75 Å². The van der Waals surface area contributed by atoms with Gasteiger partial charge in [-0.3, -0.25) is 0 Å². The Kier molecular flexibility index (Phi) is 4.55. The number of methoxy groups -OCH3 is 1. The van der Waals surface area contributed by atoms with Crippen molar-refractivity contribution in [1.29, 1.82) is 0 Å². The number of hydrogen-bond acceptors (Lipinski definition) is 1. The maximum Gasteiger partial charge on any atom is 0.126 e. The van der Waals surface area contributed by atoms with Crippen molar-refractivity contribution in [3.63, 3.8) is 0 Å². The Morgan fingerprint density at radius 3 is 1.92 bits per heavy atom. The molecule has 26 heavy (non-hydrogen) atoms. The lowest BCUT2D eigenvalue weighted by molar-refractivity contribution is 0.413. The van der Waals surface area contributed by atoms with Gasteiger partial charge in [-0.25, -0.2) is 0 Å². The Balaban J connectivity index is 2.24. The van der Waals surface area contributed by atoms with Gasteiger partial charge in [0.2, 0.25) is 0 Å². The van der Waals surface area contributed by atoms with Crippen molar-refractivity contribution >= 4 is 6.08 Å². The van der Waals surface area contributed by atoms with Gasteiger partial charge in [-0.05, 0) is 58.1 Å². The topological polar surface area (TPSA) is 9.23 Å². The molecule has 0 saturated heterocycles. The van der Waals surface area contributed by atoms with Crippen LogP contribution in [0.4, 0.5) is 0 Å². The molecule has 0 heterocycles. The summed E-state index contributed by atoms with van der Waals surface area (Å²) in [5.74, 6) is 0.976. The Hall–Kier alpha value is -2.02. The van der Waals surface area contributed by atoms with Crippen molar-refractivity contribution in [2.75, 3.05) is 7.11 Å². The van der Waals surface area contributed by atoms with Gasteiger partial charge in [0.25, 0.3) is 0 Å². The summed E-state index contributed by atoms with van der Waals surface area (Å²) in [6, 6.07) is 11.5. The highest BCUT2D eigenvalue weighted by Crippen LogP contribution is 2.41. The first kappa shape index (κ1) is 18.8. The summed E-state index contributed by atoms with van der Waals surface area (Å²) < 4.78 is 5.61. The lowest BCUT2D eigenvalue weighted by Crippen LogP contribution is -2.16. The van der Waals surface area contributed by atoms with Crippen molar-refractivity contribution in [2.45, 2.75) is 65.7 Å². The first-order valence-corrected chi connectivity index (χ1v) is 9.54. The molecular formula is C25H32O. The van der Waals surface area contributed by atoms with E-state index in [0.717, 1.165) is 12.2 Å². The standard InChI is InChI=1S/C25H32O/c1-16-11-21-20(9-10-23(26-8)22(21)12-16)17-13-18(24(2,3)4)15-19(14-17)25(5,6)7/h9-10,12-15H,11H2,1-8H3. The Morgan fingerprint density at radius 1 is 0.846 bits per heavy atom. The average Bonchev–Trinajstić information content (AvgIpc) is 2.93. The second kappa shape index (κ2) is 6.30. The van der Waals surface area contributed by atoms with Crippen LogP contribution in [0.2, 0.25) is 0 Å². The van der Waals surface area contributed by atoms with Crippen LogP contribution in [0, 0.1) is 0 Å². The molecule has 138 valence electrons. The molecule has 0 saturated carbocycles. The highest BCUT2D eigenvalue weighted by Gasteiger charge is 2.24. The zero-order valence-corrected chi connectivity index (χ0v) is 17.6. The second-order valence-electron chi connectivity index (χ2n) is 9.67. The molecule has 0 radical (unpaired) electrons. The van der Waals surface area contributed by atoms with E-state index in [4.69, 9.17) is 4.74 Å². The summed E-state index contributed by atoms with van der Waals surface area (Å²) in [6.07, 6.45) is 3.28. The molecule has 0 N–H and O–H groups in total. The van der Waals surface area contributed by atoms with Gasteiger partial charge in [0.05, 0.1) is 7.11 Å². The summed E-state index contributed by atoms with van der Waals surface area (Å²) in [4.78, 5) is 0. The van der Waals surface area contributed by atoms with E-state index in [0.29, 0.717) is 0 Å². The number of rotatable bonds is 2. The van der Waals surface area contributed by atoms with Gasteiger partial charge in [-0.2, -0.15) is 0 Å². The average molecular weight is 349 g/mol. The van der Waals surface area contributed by atoms with E-state index in [1.54, 1.807) is 7.11 Å². The quantitative estimate of drug-likeness (QED) is 0.572. The van der Waals surface area contributed by atoms with Crippen LogP contribution in [-0.2, 0) is 17.3 Å². The van der Waals surface area contributed by atoms with Gasteiger partial charge < -0.3 is 4.74 Å². The van der Waals surface area contributed by atoms with E-state index in [9.17, 15) is 0 Å². The normalized spacial score (nSPS) is 14.2. The molecule has 1 aliphatic rings. The van der Waals surface area contributed by atoms with E-state index >= 15 is 0 Å². The van der Waals surface area contributed by atoms with Gasteiger partial charge in [-0.1, -0.05) is 77.5 Å². The molecule has 2 aromatic rings. The van der Waals surface area contributed by atoms with E-state index < -0.39 is 0 Å². The Morgan fingerprint density at radius 2 is 1.42 bits per heavy atom. The first-order chi connectivity index (χ1) is 12.0. The Bertz CT molecular complexity index is 838. The van der Waals surface area contributed by atoms with E-state index in [-0.39, 0.29) is 10.8 Å². The zero-order valence-electron chi connectivity index (χ0n) is 17.6. The van der Waals surface area contributed by atoms with Crippen LogP contribution in [0.1, 0.15) is 70.7 Å². The predicted octanol–water partition coefficient (Wildman–Crippen LogP) is 6.92. The SMILES string of the molecule is COc1ccc(-c2cc(C(C)(C)C)cc(C(C)(C)C)c2)c2c1C=C(C)C2. The largest absolute Gasteiger partial charge is 0.496 e. The molecule has 3 rings (SSSR count). The molecule has 0 fully saturated rings. The molecule has 1 nitrogen and oxygen atoms in total. The van der Waals surface area contributed by atoms with Gasteiger partial charge in [0, 0.05) is 5.56 Å². The number of benzene rings is 2. The highest BCUT2D eigenvalue weighted by atomic mass is 16.5. The second-order valence-corrected chi connectivity index (χ2v) is 9.67. The molecule has 1 heteroatoms. The van der Waals surface area contributed by atoms with E-state index in [1.807, 2.05) is 0 Å². The number of hydrogen-bond donors (Lipinski definition) is 0. The molecule has 1 aliphatic carbocycles. The summed E-state index contributed by atoms with van der Waals surface area (Å²) in [5, 5.41) is 0. The van der Waals surface area contributed by atoms with Gasteiger partial charge >= 0.3 is 0 Å². The highest BCUT2D eigenvalue weighted by molar-refractivity contribution is 5.80. The maximum atomic E-state index is 5.61. The minimum absolute atomic E-state index is 0.125. The summed E-state index contributed by atoms with van der Waals surface area (Å²) >= 11 is 0. The smallest absolute Gasteiger partial charge is 0.126 e. The molecule has 0 spiro atoms. The number of fused-ring (bicyclic) bond motifs is 1. The molecule has 0 bridgehead atoms. The molecule has 0 aromatic heterocycles. The van der Waals surface area contributed by atoms with Crippen molar-refractivity contribution in [3.05, 3.63) is 58.2 Å². The maximum absolute atomic E-state index is 5.61.